The van der Waals surface area contributed by atoms with Gasteiger partial charge in [0.2, 0.25) is 0 Å². The van der Waals surface area contributed by atoms with Crippen LogP contribution in [0.4, 0.5) is 0 Å². The summed E-state index contributed by atoms with van der Waals surface area (Å²) in [6, 6.07) is 0. The maximum atomic E-state index is 11.7. The van der Waals surface area contributed by atoms with Gasteiger partial charge in [-0.15, -0.1) is 0 Å². The molecule has 0 amide bonds. The number of aliphatic hydroxyl groups is 3. The van der Waals surface area contributed by atoms with Gasteiger partial charge in [0, 0.05) is 0 Å². The lowest BCUT2D eigenvalue weighted by atomic mass is 9.43. The highest BCUT2D eigenvalue weighted by molar-refractivity contribution is 7.85. The fraction of sp³-hybridized carbons (Fsp3) is 1.00. The molecule has 4 aliphatic carbocycles. The first-order valence-electron chi connectivity index (χ1n) is 14.1. The third-order valence-electron chi connectivity index (χ3n) is 11.3. The van der Waals surface area contributed by atoms with E-state index in [1.807, 2.05) is 0 Å². The van der Waals surface area contributed by atoms with Gasteiger partial charge in [0.15, 0.2) is 0 Å². The lowest BCUT2D eigenvalue weighted by Gasteiger charge is -2.63. The number of hydrogen-bond donors (Lipinski definition) is 5. The van der Waals surface area contributed by atoms with Crippen LogP contribution < -0.4 is 5.32 Å². The Labute approximate surface area is 212 Å². The zero-order valence-corrected chi connectivity index (χ0v) is 22.7. The molecule has 0 aromatic carbocycles. The van der Waals surface area contributed by atoms with Crippen LogP contribution in [0.2, 0.25) is 0 Å². The van der Waals surface area contributed by atoms with E-state index in [9.17, 15) is 23.7 Å². The van der Waals surface area contributed by atoms with E-state index in [0.717, 1.165) is 64.3 Å². The van der Waals surface area contributed by atoms with Crippen molar-refractivity contribution in [3.05, 3.63) is 0 Å². The summed E-state index contributed by atoms with van der Waals surface area (Å²) in [5.74, 6) is 1.99. The molecule has 204 valence electrons. The molecule has 11 atom stereocenters. The minimum atomic E-state index is -3.88. The molecule has 7 nitrogen and oxygen atoms in total. The van der Waals surface area contributed by atoms with E-state index in [2.05, 4.69) is 26.1 Å². The van der Waals surface area contributed by atoms with Gasteiger partial charge in [-0.3, -0.25) is 4.55 Å². The lowest BCUT2D eigenvalue weighted by Crippen LogP contribution is -2.62. The molecule has 0 radical (unpaired) electrons. The highest BCUT2D eigenvalue weighted by Crippen LogP contribution is 2.68. The van der Waals surface area contributed by atoms with Gasteiger partial charge in [0.25, 0.3) is 10.1 Å². The minimum Gasteiger partial charge on any atom is -0.393 e. The summed E-state index contributed by atoms with van der Waals surface area (Å²) in [6.07, 6.45) is 7.92. The molecule has 4 aliphatic rings. The van der Waals surface area contributed by atoms with Crippen molar-refractivity contribution in [3.8, 4) is 0 Å². The average Bonchev–Trinajstić information content (AvgIpc) is 3.13. The molecule has 8 heteroatoms. The molecule has 0 unspecified atom stereocenters. The highest BCUT2D eigenvalue weighted by Gasteiger charge is 2.65. The average molecular weight is 516 g/mol. The summed E-state index contributed by atoms with van der Waals surface area (Å²) in [7, 11) is -3.88. The summed E-state index contributed by atoms with van der Waals surface area (Å²) in [5, 5.41) is 36.6. The summed E-state index contributed by atoms with van der Waals surface area (Å²) in [5.41, 5.74) is -0.0575. The molecule has 0 aliphatic heterocycles. The van der Waals surface area contributed by atoms with Crippen molar-refractivity contribution in [2.75, 3.05) is 18.8 Å². The molecule has 4 rings (SSSR count). The fourth-order valence-electron chi connectivity index (χ4n) is 9.39. The Bertz CT molecular complexity index is 838. The van der Waals surface area contributed by atoms with Crippen LogP contribution in [0.25, 0.3) is 0 Å². The van der Waals surface area contributed by atoms with E-state index in [-0.39, 0.29) is 40.8 Å². The molecular formula is C27H49NO6S. The molecule has 4 saturated carbocycles. The Morgan fingerprint density at radius 2 is 1.69 bits per heavy atom. The predicted octanol–water partition coefficient (Wildman–Crippen LogP) is 3.23. The van der Waals surface area contributed by atoms with Crippen molar-refractivity contribution >= 4 is 10.1 Å². The van der Waals surface area contributed by atoms with Crippen LogP contribution in [-0.2, 0) is 10.1 Å². The van der Waals surface area contributed by atoms with Crippen LogP contribution in [0.15, 0.2) is 0 Å². The molecule has 35 heavy (non-hydrogen) atoms. The van der Waals surface area contributed by atoms with Crippen molar-refractivity contribution in [3.63, 3.8) is 0 Å². The molecule has 0 aromatic heterocycles. The SMILES string of the molecule is C[C@H](CCCNCCCS(=O)(=O)O)[C@H]1CC[C@@H]2[C@H]3[C@H](O)C[C@@H]4C[C@H](O)CC[C@]4(C)[C@@H]3C[C@H](O)[C@@]21C. The van der Waals surface area contributed by atoms with E-state index in [0.29, 0.717) is 42.6 Å². The molecule has 0 spiro atoms. The van der Waals surface area contributed by atoms with Crippen molar-refractivity contribution in [2.24, 2.45) is 46.3 Å². The lowest BCUT2D eigenvalue weighted by molar-refractivity contribution is -0.207. The van der Waals surface area contributed by atoms with Crippen LogP contribution in [0, 0.1) is 46.3 Å². The maximum absolute atomic E-state index is 11.7. The largest absolute Gasteiger partial charge is 0.393 e. The van der Waals surface area contributed by atoms with Gasteiger partial charge < -0.3 is 20.6 Å². The van der Waals surface area contributed by atoms with Gasteiger partial charge in [-0.25, -0.2) is 0 Å². The quantitative estimate of drug-likeness (QED) is 0.236. The Hall–Kier alpha value is -0.250. The van der Waals surface area contributed by atoms with Gasteiger partial charge in [-0.1, -0.05) is 20.8 Å². The Kier molecular flexibility index (Phi) is 8.32. The normalized spacial score (nSPS) is 46.5. The predicted molar refractivity (Wildman–Crippen MR) is 136 cm³/mol. The number of nitrogens with one attached hydrogen (secondary N) is 1. The van der Waals surface area contributed by atoms with E-state index in [4.69, 9.17) is 4.55 Å². The van der Waals surface area contributed by atoms with Gasteiger partial charge in [0.05, 0.1) is 24.1 Å². The first kappa shape index (κ1) is 27.8. The third-order valence-corrected chi connectivity index (χ3v) is 12.1. The van der Waals surface area contributed by atoms with Crippen LogP contribution in [0.3, 0.4) is 0 Å². The first-order valence-corrected chi connectivity index (χ1v) is 15.7. The summed E-state index contributed by atoms with van der Waals surface area (Å²) in [6.45, 7) is 8.38. The first-order chi connectivity index (χ1) is 16.4. The highest BCUT2D eigenvalue weighted by atomic mass is 32.2. The summed E-state index contributed by atoms with van der Waals surface area (Å²) >= 11 is 0. The topological polar surface area (TPSA) is 127 Å². The smallest absolute Gasteiger partial charge is 0.264 e. The van der Waals surface area contributed by atoms with E-state index in [1.165, 1.54) is 0 Å². The minimum absolute atomic E-state index is 0.107. The summed E-state index contributed by atoms with van der Waals surface area (Å²) < 4.78 is 30.5. The van der Waals surface area contributed by atoms with Crippen LogP contribution >= 0.6 is 0 Å². The molecule has 4 fully saturated rings. The molecular weight excluding hydrogens is 466 g/mol. The zero-order chi connectivity index (χ0) is 25.6. The number of fused-ring (bicyclic) bond motifs is 5. The molecule has 0 aromatic rings. The Morgan fingerprint density at radius 1 is 0.971 bits per heavy atom. The van der Waals surface area contributed by atoms with Gasteiger partial charge in [0.1, 0.15) is 0 Å². The second kappa shape index (κ2) is 10.5. The second-order valence-corrected chi connectivity index (χ2v) is 14.6. The Morgan fingerprint density at radius 3 is 2.40 bits per heavy atom. The fourth-order valence-corrected chi connectivity index (χ4v) is 9.90. The molecule has 0 bridgehead atoms. The van der Waals surface area contributed by atoms with Crippen molar-refractivity contribution < 1.29 is 28.3 Å². The number of aliphatic hydroxyl groups excluding tert-OH is 3. The van der Waals surface area contributed by atoms with E-state index >= 15 is 0 Å². The summed E-state index contributed by atoms with van der Waals surface area (Å²) in [4.78, 5) is 0. The van der Waals surface area contributed by atoms with Crippen molar-refractivity contribution in [2.45, 2.75) is 103 Å². The van der Waals surface area contributed by atoms with Gasteiger partial charge >= 0.3 is 0 Å². The van der Waals surface area contributed by atoms with Gasteiger partial charge in [-0.05, 0) is 124 Å². The standard InChI is InChI=1S/C27H49NO6S/c1-17(6-4-11-28-12-5-13-35(32,33)34)20-7-8-21-25-22(16-24(31)27(20,21)3)26(2)10-9-19(29)14-18(26)15-23(25)30/h17-25,28-31H,4-16H2,1-3H3,(H,32,33,34)/t17-,18+,19-,20-,21-,22-,23-,24+,25-,26+,27-/m1/s1. The molecule has 0 heterocycles. The zero-order valence-electron chi connectivity index (χ0n) is 21.9. The Balaban J connectivity index is 1.37. The molecule has 5 N–H and O–H groups in total. The van der Waals surface area contributed by atoms with Gasteiger partial charge in [-0.2, -0.15) is 8.42 Å². The second-order valence-electron chi connectivity index (χ2n) is 13.0. The van der Waals surface area contributed by atoms with Crippen LogP contribution in [0.5, 0.6) is 0 Å². The molecule has 0 saturated heterocycles. The maximum Gasteiger partial charge on any atom is 0.264 e. The number of rotatable bonds is 9. The monoisotopic (exact) mass is 515 g/mol. The van der Waals surface area contributed by atoms with Crippen LogP contribution in [0.1, 0.15) is 85.0 Å². The third kappa shape index (κ3) is 5.35. The van der Waals surface area contributed by atoms with Crippen molar-refractivity contribution in [1.29, 1.82) is 0 Å². The van der Waals surface area contributed by atoms with Crippen LogP contribution in [-0.4, -0.2) is 65.4 Å². The number of hydrogen-bond acceptors (Lipinski definition) is 6. The van der Waals surface area contributed by atoms with E-state index < -0.39 is 10.1 Å². The van der Waals surface area contributed by atoms with E-state index in [1.54, 1.807) is 0 Å². The van der Waals surface area contributed by atoms with Crippen molar-refractivity contribution in [1.82, 2.24) is 5.32 Å².